The minimum absolute atomic E-state index is 0.305. The molecule has 0 spiro atoms. The summed E-state index contributed by atoms with van der Waals surface area (Å²) < 4.78 is 4.73. The minimum Gasteiger partial charge on any atom is -0.465 e. The number of ether oxygens (including phenoxy) is 1. The molecule has 0 aliphatic heterocycles. The Morgan fingerprint density at radius 1 is 1.33 bits per heavy atom. The summed E-state index contributed by atoms with van der Waals surface area (Å²) in [5, 5.41) is 0.633. The third-order valence-electron chi connectivity index (χ3n) is 3.28. The second-order valence-electron chi connectivity index (χ2n) is 4.62. The van der Waals surface area contributed by atoms with E-state index in [9.17, 15) is 4.79 Å². The molecule has 2 rings (SSSR count). The summed E-state index contributed by atoms with van der Waals surface area (Å²) in [6.45, 7) is 0. The zero-order chi connectivity index (χ0) is 13.0. The number of carbonyl (C=O) groups is 1. The normalized spacial score (nSPS) is 16.5. The molecule has 0 radical (unpaired) electrons. The lowest BCUT2D eigenvalue weighted by Gasteiger charge is -2.21. The molecule has 0 saturated heterocycles. The van der Waals surface area contributed by atoms with Crippen molar-refractivity contribution in [3.05, 3.63) is 23.8 Å². The predicted molar refractivity (Wildman–Crippen MR) is 74.9 cm³/mol. The average molecular weight is 265 g/mol. The summed E-state index contributed by atoms with van der Waals surface area (Å²) >= 11 is 1.80. The van der Waals surface area contributed by atoms with E-state index in [2.05, 4.69) is 0 Å². The van der Waals surface area contributed by atoms with Crippen molar-refractivity contribution in [2.24, 2.45) is 0 Å². The number of rotatable bonds is 3. The smallest absolute Gasteiger partial charge is 0.337 e. The maximum Gasteiger partial charge on any atom is 0.337 e. The third kappa shape index (κ3) is 3.19. The summed E-state index contributed by atoms with van der Waals surface area (Å²) in [5.41, 5.74) is 7.30. The Bertz CT molecular complexity index is 428. The van der Waals surface area contributed by atoms with Crippen LogP contribution < -0.4 is 5.73 Å². The molecule has 98 valence electrons. The number of hydrogen-bond donors (Lipinski definition) is 1. The van der Waals surface area contributed by atoms with Gasteiger partial charge in [0.25, 0.3) is 0 Å². The van der Waals surface area contributed by atoms with E-state index in [1.165, 1.54) is 39.2 Å². The molecule has 2 N–H and O–H groups in total. The quantitative estimate of drug-likeness (QED) is 0.671. The fraction of sp³-hybridized carbons (Fsp3) is 0.500. The molecule has 0 atom stereocenters. The lowest BCUT2D eigenvalue weighted by atomic mass is 10.0. The van der Waals surface area contributed by atoms with E-state index in [1.54, 1.807) is 23.9 Å². The molecule has 0 unspecified atom stereocenters. The molecule has 1 aromatic carbocycles. The second kappa shape index (κ2) is 6.14. The van der Waals surface area contributed by atoms with Gasteiger partial charge in [-0.25, -0.2) is 4.79 Å². The van der Waals surface area contributed by atoms with Gasteiger partial charge in [0.05, 0.1) is 12.7 Å². The van der Waals surface area contributed by atoms with Gasteiger partial charge in [-0.2, -0.15) is 0 Å². The Morgan fingerprint density at radius 2 is 2.06 bits per heavy atom. The number of esters is 1. The number of thioether (sulfide) groups is 1. The first-order chi connectivity index (χ1) is 8.70. The predicted octanol–water partition coefficient (Wildman–Crippen LogP) is 3.48. The summed E-state index contributed by atoms with van der Waals surface area (Å²) in [4.78, 5) is 12.5. The monoisotopic (exact) mass is 265 g/mol. The van der Waals surface area contributed by atoms with Gasteiger partial charge in [-0.05, 0) is 31.0 Å². The van der Waals surface area contributed by atoms with Gasteiger partial charge in [-0.3, -0.25) is 0 Å². The molecule has 0 bridgehead atoms. The van der Waals surface area contributed by atoms with E-state index in [0.29, 0.717) is 10.8 Å². The zero-order valence-electron chi connectivity index (χ0n) is 10.6. The molecule has 1 saturated carbocycles. The molecule has 4 heteroatoms. The van der Waals surface area contributed by atoms with Crippen LogP contribution >= 0.6 is 11.8 Å². The van der Waals surface area contributed by atoms with Crippen molar-refractivity contribution < 1.29 is 9.53 Å². The second-order valence-corrected chi connectivity index (χ2v) is 5.96. The molecule has 0 aromatic heterocycles. The molecule has 1 fully saturated rings. The number of hydrogen-bond acceptors (Lipinski definition) is 4. The lowest BCUT2D eigenvalue weighted by molar-refractivity contribution is 0.0600. The average Bonchev–Trinajstić information content (AvgIpc) is 2.41. The van der Waals surface area contributed by atoms with Crippen molar-refractivity contribution in [2.45, 2.75) is 42.2 Å². The van der Waals surface area contributed by atoms with Crippen LogP contribution in [0.3, 0.4) is 0 Å². The van der Waals surface area contributed by atoms with Crippen LogP contribution in [0, 0.1) is 0 Å². The highest BCUT2D eigenvalue weighted by Crippen LogP contribution is 2.36. The zero-order valence-corrected chi connectivity index (χ0v) is 11.5. The maximum absolute atomic E-state index is 11.5. The maximum atomic E-state index is 11.5. The highest BCUT2D eigenvalue weighted by Gasteiger charge is 2.17. The Balaban J connectivity index is 2.12. The largest absolute Gasteiger partial charge is 0.465 e. The van der Waals surface area contributed by atoms with Crippen LogP contribution in [0.15, 0.2) is 23.1 Å². The lowest BCUT2D eigenvalue weighted by Crippen LogP contribution is -2.09. The molecule has 1 aliphatic carbocycles. The van der Waals surface area contributed by atoms with Crippen LogP contribution in [0.4, 0.5) is 5.69 Å². The van der Waals surface area contributed by atoms with Gasteiger partial charge in [0.2, 0.25) is 0 Å². The highest BCUT2D eigenvalue weighted by molar-refractivity contribution is 8.00. The van der Waals surface area contributed by atoms with Crippen molar-refractivity contribution in [1.29, 1.82) is 0 Å². The van der Waals surface area contributed by atoms with Crippen LogP contribution in [-0.4, -0.2) is 18.3 Å². The Labute approximate surface area is 112 Å². The SMILES string of the molecule is COC(=O)c1ccc(N)c(SC2CCCCC2)c1. The number of benzene rings is 1. The fourth-order valence-corrected chi connectivity index (χ4v) is 3.57. The Morgan fingerprint density at radius 3 is 2.72 bits per heavy atom. The van der Waals surface area contributed by atoms with Crippen molar-refractivity contribution in [2.75, 3.05) is 12.8 Å². The number of nitrogen functional groups attached to an aromatic ring is 1. The first-order valence-electron chi connectivity index (χ1n) is 6.35. The third-order valence-corrected chi connectivity index (χ3v) is 4.69. The van der Waals surface area contributed by atoms with Crippen molar-refractivity contribution in [3.63, 3.8) is 0 Å². The van der Waals surface area contributed by atoms with Gasteiger partial charge in [-0.15, -0.1) is 11.8 Å². The van der Waals surface area contributed by atoms with Crippen LogP contribution in [0.1, 0.15) is 42.5 Å². The van der Waals surface area contributed by atoms with Gasteiger partial charge in [-0.1, -0.05) is 19.3 Å². The van der Waals surface area contributed by atoms with E-state index < -0.39 is 0 Å². The number of methoxy groups -OCH3 is 1. The summed E-state index contributed by atoms with van der Waals surface area (Å²) in [6, 6.07) is 5.35. The molecule has 1 aromatic rings. The van der Waals surface area contributed by atoms with Gasteiger partial charge in [0.15, 0.2) is 0 Å². The van der Waals surface area contributed by atoms with Crippen molar-refractivity contribution in [1.82, 2.24) is 0 Å². The molecule has 0 heterocycles. The van der Waals surface area contributed by atoms with Gasteiger partial charge in [0, 0.05) is 15.8 Å². The number of anilines is 1. The number of carbonyl (C=O) groups excluding carboxylic acids is 1. The molecule has 18 heavy (non-hydrogen) atoms. The van der Waals surface area contributed by atoms with Crippen molar-refractivity contribution in [3.8, 4) is 0 Å². The Hall–Kier alpha value is -1.16. The van der Waals surface area contributed by atoms with E-state index in [0.717, 1.165) is 10.6 Å². The Kier molecular flexibility index (Phi) is 4.53. The molecule has 0 amide bonds. The first-order valence-corrected chi connectivity index (χ1v) is 7.23. The molecule has 3 nitrogen and oxygen atoms in total. The topological polar surface area (TPSA) is 52.3 Å². The van der Waals surface area contributed by atoms with Gasteiger partial charge in [0.1, 0.15) is 0 Å². The van der Waals surface area contributed by atoms with Gasteiger partial charge >= 0.3 is 5.97 Å². The standard InChI is InChI=1S/C14H19NO2S/c1-17-14(16)10-7-8-12(15)13(9-10)18-11-5-3-2-4-6-11/h7-9,11H,2-6,15H2,1H3. The fourth-order valence-electron chi connectivity index (χ4n) is 2.24. The van der Waals surface area contributed by atoms with Crippen LogP contribution in [0.25, 0.3) is 0 Å². The first kappa shape index (κ1) is 13.3. The van der Waals surface area contributed by atoms with E-state index >= 15 is 0 Å². The van der Waals surface area contributed by atoms with Crippen LogP contribution in [-0.2, 0) is 4.74 Å². The van der Waals surface area contributed by atoms with E-state index in [4.69, 9.17) is 10.5 Å². The van der Waals surface area contributed by atoms with Crippen molar-refractivity contribution >= 4 is 23.4 Å². The molecular formula is C14H19NO2S. The van der Waals surface area contributed by atoms with E-state index in [-0.39, 0.29) is 5.97 Å². The van der Waals surface area contributed by atoms with Crippen LogP contribution in [0.2, 0.25) is 0 Å². The van der Waals surface area contributed by atoms with E-state index in [1.807, 2.05) is 6.07 Å². The highest BCUT2D eigenvalue weighted by atomic mass is 32.2. The van der Waals surface area contributed by atoms with Crippen LogP contribution in [0.5, 0.6) is 0 Å². The van der Waals surface area contributed by atoms with Gasteiger partial charge < -0.3 is 10.5 Å². The minimum atomic E-state index is -0.305. The summed E-state index contributed by atoms with van der Waals surface area (Å²) in [7, 11) is 1.40. The molecular weight excluding hydrogens is 246 g/mol. The molecule has 1 aliphatic rings. The number of nitrogens with two attached hydrogens (primary N) is 1. The summed E-state index contributed by atoms with van der Waals surface area (Å²) in [6.07, 6.45) is 6.43. The summed E-state index contributed by atoms with van der Waals surface area (Å²) in [5.74, 6) is -0.305.